The number of nitriles is 1. The number of hydrogen-bond acceptors (Lipinski definition) is 5. The van der Waals surface area contributed by atoms with Gasteiger partial charge in [-0.25, -0.2) is 0 Å². The molecule has 27 heavy (non-hydrogen) atoms. The standard InChI is InChI=1S/C22H25NO4/c1-6-17(25)22-18(26)9-15(10-19(22)27)21-12(3)16(7-8-23)11(2)20(13(21)4)14(5)24/h15,22H,6-7,9-10H2,1-5H3. The summed E-state index contributed by atoms with van der Waals surface area (Å²) in [5.74, 6) is -2.60. The van der Waals surface area contributed by atoms with Crippen molar-refractivity contribution in [3.8, 4) is 6.07 Å². The first-order chi connectivity index (χ1) is 12.6. The smallest absolute Gasteiger partial charge is 0.160 e. The normalized spacial score (nSPS) is 19.7. The lowest BCUT2D eigenvalue weighted by Gasteiger charge is -2.30. The Balaban J connectivity index is 2.61. The number of hydrogen-bond donors (Lipinski definition) is 0. The zero-order valence-electron chi connectivity index (χ0n) is 16.6. The van der Waals surface area contributed by atoms with Gasteiger partial charge in [0.05, 0.1) is 12.5 Å². The van der Waals surface area contributed by atoms with Gasteiger partial charge in [0.25, 0.3) is 0 Å². The molecule has 5 heteroatoms. The first-order valence-corrected chi connectivity index (χ1v) is 9.24. The number of benzene rings is 1. The summed E-state index contributed by atoms with van der Waals surface area (Å²) in [6.45, 7) is 8.68. The van der Waals surface area contributed by atoms with E-state index >= 15 is 0 Å². The van der Waals surface area contributed by atoms with Gasteiger partial charge in [-0.05, 0) is 61.4 Å². The Morgan fingerprint density at radius 1 is 1.04 bits per heavy atom. The van der Waals surface area contributed by atoms with Gasteiger partial charge in [-0.2, -0.15) is 5.26 Å². The van der Waals surface area contributed by atoms with Crippen molar-refractivity contribution in [3.63, 3.8) is 0 Å². The molecule has 0 atom stereocenters. The molecule has 0 aromatic heterocycles. The van der Waals surface area contributed by atoms with Crippen molar-refractivity contribution < 1.29 is 19.2 Å². The van der Waals surface area contributed by atoms with Crippen molar-refractivity contribution in [1.29, 1.82) is 5.26 Å². The second-order valence-corrected chi connectivity index (χ2v) is 7.32. The van der Waals surface area contributed by atoms with Crippen LogP contribution in [0, 0.1) is 38.0 Å². The predicted octanol–water partition coefficient (Wildman–Crippen LogP) is 3.49. The van der Waals surface area contributed by atoms with Crippen LogP contribution in [0.1, 0.15) is 77.2 Å². The molecule has 0 unspecified atom stereocenters. The minimum atomic E-state index is -1.14. The molecule has 0 spiro atoms. The summed E-state index contributed by atoms with van der Waals surface area (Å²) in [6.07, 6.45) is 0.541. The minimum absolute atomic E-state index is 0.0991. The van der Waals surface area contributed by atoms with Crippen molar-refractivity contribution >= 4 is 23.1 Å². The topological polar surface area (TPSA) is 92.1 Å². The summed E-state index contributed by atoms with van der Waals surface area (Å²) < 4.78 is 0. The Labute approximate surface area is 159 Å². The van der Waals surface area contributed by atoms with Gasteiger partial charge >= 0.3 is 0 Å². The predicted molar refractivity (Wildman–Crippen MR) is 101 cm³/mol. The molecule has 1 fully saturated rings. The maximum atomic E-state index is 12.5. The molecule has 1 saturated carbocycles. The molecule has 1 aliphatic rings. The maximum absolute atomic E-state index is 12.5. The Morgan fingerprint density at radius 3 is 2.04 bits per heavy atom. The fraction of sp³-hybridized carbons (Fsp3) is 0.500. The third-order valence-corrected chi connectivity index (χ3v) is 5.69. The number of carbonyl (C=O) groups is 4. The van der Waals surface area contributed by atoms with Crippen molar-refractivity contribution in [1.82, 2.24) is 0 Å². The Kier molecular flexibility index (Phi) is 6.10. The number of Topliss-reactive ketones (excluding diaryl/α,β-unsaturated/α-hetero) is 4. The van der Waals surface area contributed by atoms with Crippen LogP contribution in [0.25, 0.3) is 0 Å². The van der Waals surface area contributed by atoms with E-state index in [1.54, 1.807) is 6.92 Å². The van der Waals surface area contributed by atoms with Crippen LogP contribution in [0.5, 0.6) is 0 Å². The quantitative estimate of drug-likeness (QED) is 0.587. The molecule has 2 rings (SSSR count). The first-order valence-electron chi connectivity index (χ1n) is 9.24. The van der Waals surface area contributed by atoms with Crippen molar-refractivity contribution in [2.75, 3.05) is 0 Å². The lowest BCUT2D eigenvalue weighted by molar-refractivity contribution is -0.142. The van der Waals surface area contributed by atoms with Gasteiger partial charge in [-0.15, -0.1) is 0 Å². The Hall–Kier alpha value is -2.61. The summed E-state index contributed by atoms with van der Waals surface area (Å²) in [5.41, 5.74) is 4.57. The van der Waals surface area contributed by atoms with Crippen molar-refractivity contribution in [2.45, 2.75) is 66.2 Å². The van der Waals surface area contributed by atoms with Gasteiger partial charge in [0.1, 0.15) is 5.92 Å². The molecule has 0 bridgehead atoms. The third-order valence-electron chi connectivity index (χ3n) is 5.69. The van der Waals surface area contributed by atoms with Gasteiger partial charge in [-0.1, -0.05) is 6.92 Å². The van der Waals surface area contributed by atoms with E-state index in [-0.39, 0.29) is 54.7 Å². The molecule has 1 aromatic rings. The number of rotatable bonds is 5. The van der Waals surface area contributed by atoms with E-state index in [1.165, 1.54) is 6.92 Å². The Morgan fingerprint density at radius 2 is 1.59 bits per heavy atom. The van der Waals surface area contributed by atoms with E-state index < -0.39 is 5.92 Å². The molecular weight excluding hydrogens is 342 g/mol. The largest absolute Gasteiger partial charge is 0.298 e. The van der Waals surface area contributed by atoms with Gasteiger partial charge in [0, 0.05) is 24.8 Å². The zero-order valence-corrected chi connectivity index (χ0v) is 16.6. The van der Waals surface area contributed by atoms with Crippen LogP contribution >= 0.6 is 0 Å². The number of nitrogens with zero attached hydrogens (tertiary/aromatic N) is 1. The molecule has 142 valence electrons. The molecule has 0 N–H and O–H groups in total. The van der Waals surface area contributed by atoms with Gasteiger partial charge < -0.3 is 0 Å². The monoisotopic (exact) mass is 367 g/mol. The van der Waals surface area contributed by atoms with Crippen LogP contribution in [-0.4, -0.2) is 23.1 Å². The molecular formula is C22H25NO4. The number of carbonyl (C=O) groups excluding carboxylic acids is 4. The molecule has 0 saturated heterocycles. The summed E-state index contributed by atoms with van der Waals surface area (Å²) >= 11 is 0. The highest BCUT2D eigenvalue weighted by atomic mass is 16.2. The van der Waals surface area contributed by atoms with E-state index in [4.69, 9.17) is 0 Å². The van der Waals surface area contributed by atoms with Crippen LogP contribution < -0.4 is 0 Å². The summed E-state index contributed by atoms with van der Waals surface area (Å²) in [5, 5.41) is 9.20. The lowest BCUT2D eigenvalue weighted by Crippen LogP contribution is -2.38. The average molecular weight is 367 g/mol. The Bertz CT molecular complexity index is 871. The van der Waals surface area contributed by atoms with E-state index in [1.807, 2.05) is 20.8 Å². The lowest BCUT2D eigenvalue weighted by atomic mass is 9.71. The SMILES string of the molecule is CCC(=O)C1C(=O)CC(c2c(C)c(CC#N)c(C)c(C(C)=O)c2C)CC1=O. The molecule has 0 amide bonds. The molecule has 5 nitrogen and oxygen atoms in total. The van der Waals surface area contributed by atoms with Crippen LogP contribution in [0.2, 0.25) is 0 Å². The van der Waals surface area contributed by atoms with E-state index in [9.17, 15) is 24.4 Å². The van der Waals surface area contributed by atoms with Gasteiger partial charge in [-0.3, -0.25) is 19.2 Å². The highest BCUT2D eigenvalue weighted by Gasteiger charge is 2.41. The maximum Gasteiger partial charge on any atom is 0.160 e. The highest BCUT2D eigenvalue weighted by Crippen LogP contribution is 2.39. The molecule has 1 aliphatic carbocycles. The van der Waals surface area contributed by atoms with Crippen LogP contribution in [0.4, 0.5) is 0 Å². The fourth-order valence-electron chi connectivity index (χ4n) is 4.52. The zero-order chi connectivity index (χ0) is 20.5. The summed E-state index contributed by atoms with van der Waals surface area (Å²) in [4.78, 5) is 49.3. The molecule has 0 heterocycles. The van der Waals surface area contributed by atoms with Crippen molar-refractivity contribution in [3.05, 3.63) is 33.4 Å². The van der Waals surface area contributed by atoms with Gasteiger partial charge in [0.15, 0.2) is 23.1 Å². The van der Waals surface area contributed by atoms with Crippen LogP contribution in [0.3, 0.4) is 0 Å². The summed E-state index contributed by atoms with van der Waals surface area (Å²) in [6, 6.07) is 2.14. The van der Waals surface area contributed by atoms with E-state index in [0.717, 1.165) is 27.8 Å². The highest BCUT2D eigenvalue weighted by molar-refractivity contribution is 6.21. The summed E-state index contributed by atoms with van der Waals surface area (Å²) in [7, 11) is 0. The fourth-order valence-corrected chi connectivity index (χ4v) is 4.52. The molecule has 0 radical (unpaired) electrons. The molecule has 1 aromatic carbocycles. The first kappa shape index (κ1) is 20.7. The van der Waals surface area contributed by atoms with E-state index in [0.29, 0.717) is 5.56 Å². The average Bonchev–Trinajstić information content (AvgIpc) is 2.57. The van der Waals surface area contributed by atoms with E-state index in [2.05, 4.69) is 6.07 Å². The second kappa shape index (κ2) is 7.96. The second-order valence-electron chi connectivity index (χ2n) is 7.32. The van der Waals surface area contributed by atoms with Gasteiger partial charge in [0.2, 0.25) is 0 Å². The van der Waals surface area contributed by atoms with Crippen LogP contribution in [0.15, 0.2) is 0 Å². The number of ketones is 4. The van der Waals surface area contributed by atoms with Crippen molar-refractivity contribution in [2.24, 2.45) is 5.92 Å². The molecule has 0 aliphatic heterocycles. The van der Waals surface area contributed by atoms with Crippen LogP contribution in [-0.2, 0) is 20.8 Å². The third kappa shape index (κ3) is 3.62. The minimum Gasteiger partial charge on any atom is -0.298 e.